The third kappa shape index (κ3) is 5.76. The van der Waals surface area contributed by atoms with Crippen LogP contribution in [0.2, 0.25) is 0 Å². The molecule has 2 aliphatic heterocycles. The molecule has 2 saturated heterocycles. The van der Waals surface area contributed by atoms with Gasteiger partial charge < -0.3 is 24.6 Å². The molecular formula is C29H35F2N5O5S. The Bertz CT molecular complexity index is 1590. The quantitative estimate of drug-likeness (QED) is 0.335. The zero-order valence-corrected chi connectivity index (χ0v) is 24.2. The van der Waals surface area contributed by atoms with Crippen molar-refractivity contribution in [1.82, 2.24) is 4.98 Å². The number of piperidine rings is 2. The number of fused-ring (bicyclic) bond motifs is 1. The average Bonchev–Trinajstić information content (AvgIpc) is 3.53. The standard InChI is InChI=1S/C29H35F2N5O5S/c1-19(18-37)42(39,40)34-21-2-3-22(23(17-21)35-11-7-28(5-6-28)8-12-35)27(38)33-24-16-20-4-15-41-25(20)26(32-24)36-13-9-29(30,31)10-14-36/h2-4,15-17,19,34,37H,5-14,18H2,1H3,(H,32,33,38)/t19-/m0/s1. The van der Waals surface area contributed by atoms with E-state index in [0.717, 1.165) is 25.9 Å². The number of benzene rings is 1. The van der Waals surface area contributed by atoms with Gasteiger partial charge in [-0.2, -0.15) is 0 Å². The van der Waals surface area contributed by atoms with Gasteiger partial charge in [-0.3, -0.25) is 9.52 Å². The van der Waals surface area contributed by atoms with Gasteiger partial charge in [0.1, 0.15) is 11.1 Å². The summed E-state index contributed by atoms with van der Waals surface area (Å²) in [5.74, 6) is -2.49. The Kier molecular flexibility index (Phi) is 7.28. The van der Waals surface area contributed by atoms with E-state index >= 15 is 0 Å². The summed E-state index contributed by atoms with van der Waals surface area (Å²) in [5, 5.41) is 11.9. The highest BCUT2D eigenvalue weighted by Gasteiger charge is 2.44. The number of sulfonamides is 1. The van der Waals surface area contributed by atoms with Crippen LogP contribution in [-0.4, -0.2) is 68.4 Å². The summed E-state index contributed by atoms with van der Waals surface area (Å²) < 4.78 is 61.0. The van der Waals surface area contributed by atoms with Crippen LogP contribution in [-0.2, 0) is 10.0 Å². The third-order valence-corrected chi connectivity index (χ3v) is 10.6. The first-order valence-corrected chi connectivity index (χ1v) is 15.9. The first kappa shape index (κ1) is 28.7. The fraction of sp³-hybridized carbons (Fsp3) is 0.517. The smallest absolute Gasteiger partial charge is 0.258 e. The molecule has 3 fully saturated rings. The van der Waals surface area contributed by atoms with E-state index in [1.54, 1.807) is 29.2 Å². The minimum absolute atomic E-state index is 0.111. The van der Waals surface area contributed by atoms with Gasteiger partial charge in [-0.1, -0.05) is 0 Å². The van der Waals surface area contributed by atoms with Gasteiger partial charge in [-0.25, -0.2) is 22.2 Å². The monoisotopic (exact) mass is 603 g/mol. The lowest BCUT2D eigenvalue weighted by molar-refractivity contribution is -0.0221. The number of hydrogen-bond acceptors (Lipinski definition) is 8. The number of furan rings is 1. The van der Waals surface area contributed by atoms with Crippen molar-refractivity contribution >= 4 is 49.9 Å². The number of aliphatic hydroxyl groups is 1. The summed E-state index contributed by atoms with van der Waals surface area (Å²) in [7, 11) is -3.83. The molecule has 0 bridgehead atoms. The van der Waals surface area contributed by atoms with Gasteiger partial charge in [-0.15, -0.1) is 0 Å². The maximum Gasteiger partial charge on any atom is 0.258 e. The largest absolute Gasteiger partial charge is 0.460 e. The van der Waals surface area contributed by atoms with E-state index in [9.17, 15) is 27.1 Å². The second kappa shape index (κ2) is 10.7. The number of hydrogen-bond donors (Lipinski definition) is 3. The number of halogens is 2. The molecule has 1 amide bonds. The number of nitrogens with zero attached hydrogens (tertiary/aromatic N) is 3. The molecule has 2 aromatic heterocycles. The average molecular weight is 604 g/mol. The van der Waals surface area contributed by atoms with Crippen molar-refractivity contribution in [3.63, 3.8) is 0 Å². The Hall–Kier alpha value is -3.45. The number of carbonyl (C=O) groups is 1. The Labute approximate surface area is 243 Å². The van der Waals surface area contributed by atoms with Crippen molar-refractivity contribution in [1.29, 1.82) is 0 Å². The predicted octanol–water partition coefficient (Wildman–Crippen LogP) is 4.82. The minimum atomic E-state index is -3.83. The van der Waals surface area contributed by atoms with Crippen molar-refractivity contribution < 1.29 is 31.5 Å². The summed E-state index contributed by atoms with van der Waals surface area (Å²) in [6, 6.07) is 8.18. The molecule has 0 radical (unpaired) electrons. The molecule has 1 saturated carbocycles. The number of aromatic nitrogens is 1. The SMILES string of the molecule is C[C@@H](CO)S(=O)(=O)Nc1ccc(C(=O)Nc2cc3ccoc3c(N3CCC(F)(F)CC3)n2)c(N2CCC3(CC2)CC3)c1. The van der Waals surface area contributed by atoms with E-state index in [2.05, 4.69) is 19.9 Å². The molecule has 1 aliphatic carbocycles. The van der Waals surface area contributed by atoms with Crippen molar-refractivity contribution in [2.24, 2.45) is 5.41 Å². The van der Waals surface area contributed by atoms with Gasteiger partial charge in [0.2, 0.25) is 10.0 Å². The van der Waals surface area contributed by atoms with E-state index in [1.165, 1.54) is 32.1 Å². The molecule has 42 heavy (non-hydrogen) atoms. The van der Waals surface area contributed by atoms with Gasteiger partial charge in [0, 0.05) is 44.4 Å². The summed E-state index contributed by atoms with van der Waals surface area (Å²) in [6.07, 6.45) is 5.35. The Morgan fingerprint density at radius 1 is 1.05 bits per heavy atom. The molecule has 1 atom stereocenters. The Morgan fingerprint density at radius 2 is 1.74 bits per heavy atom. The summed E-state index contributed by atoms with van der Waals surface area (Å²) in [4.78, 5) is 22.2. The normalized spacial score (nSPS) is 20.5. The lowest BCUT2D eigenvalue weighted by Crippen LogP contribution is -2.39. The van der Waals surface area contributed by atoms with E-state index < -0.39 is 33.7 Å². The van der Waals surface area contributed by atoms with Crippen LogP contribution in [0.4, 0.5) is 31.8 Å². The maximum atomic E-state index is 13.8. The molecule has 4 heterocycles. The van der Waals surface area contributed by atoms with Crippen molar-refractivity contribution in [2.45, 2.75) is 56.6 Å². The highest BCUT2D eigenvalue weighted by molar-refractivity contribution is 7.93. The summed E-state index contributed by atoms with van der Waals surface area (Å²) in [6.45, 7) is 2.60. The first-order chi connectivity index (χ1) is 20.0. The van der Waals surface area contributed by atoms with Crippen molar-refractivity contribution in [3.05, 3.63) is 42.2 Å². The number of anilines is 4. The Morgan fingerprint density at radius 3 is 2.40 bits per heavy atom. The maximum absolute atomic E-state index is 13.8. The van der Waals surface area contributed by atoms with Crippen LogP contribution in [0.5, 0.6) is 0 Å². The number of nitrogens with one attached hydrogen (secondary N) is 2. The van der Waals surface area contributed by atoms with E-state index in [1.807, 2.05) is 0 Å². The minimum Gasteiger partial charge on any atom is -0.460 e. The van der Waals surface area contributed by atoms with Gasteiger partial charge in [0.25, 0.3) is 11.8 Å². The van der Waals surface area contributed by atoms with Crippen molar-refractivity contribution in [2.75, 3.05) is 52.6 Å². The van der Waals surface area contributed by atoms with Gasteiger partial charge >= 0.3 is 0 Å². The number of carbonyl (C=O) groups excluding carboxylic acids is 1. The number of rotatable bonds is 8. The molecule has 1 aromatic carbocycles. The zero-order valence-electron chi connectivity index (χ0n) is 23.4. The topological polar surface area (TPSA) is 128 Å². The zero-order chi connectivity index (χ0) is 29.7. The molecule has 6 rings (SSSR count). The molecule has 3 aliphatic rings. The lowest BCUT2D eigenvalue weighted by atomic mass is 9.93. The van der Waals surface area contributed by atoms with E-state index in [-0.39, 0.29) is 31.7 Å². The summed E-state index contributed by atoms with van der Waals surface area (Å²) in [5.41, 5.74) is 2.12. The second-order valence-electron chi connectivity index (χ2n) is 11.8. The molecule has 13 heteroatoms. The van der Waals surface area contributed by atoms with E-state index in [4.69, 9.17) is 4.42 Å². The first-order valence-electron chi connectivity index (χ1n) is 14.3. The van der Waals surface area contributed by atoms with Crippen LogP contribution in [0.15, 0.2) is 41.0 Å². The van der Waals surface area contributed by atoms with Crippen LogP contribution in [0, 0.1) is 5.41 Å². The van der Waals surface area contributed by atoms with Gasteiger partial charge in [0.15, 0.2) is 11.4 Å². The van der Waals surface area contributed by atoms with Gasteiger partial charge in [-0.05, 0) is 68.4 Å². The fourth-order valence-corrected chi connectivity index (χ4v) is 6.63. The lowest BCUT2D eigenvalue weighted by Gasteiger charge is -2.35. The van der Waals surface area contributed by atoms with Crippen LogP contribution < -0.4 is 19.8 Å². The fourth-order valence-electron chi connectivity index (χ4n) is 5.78. The molecule has 1 spiro atoms. The predicted molar refractivity (Wildman–Crippen MR) is 157 cm³/mol. The molecule has 3 N–H and O–H groups in total. The van der Waals surface area contributed by atoms with E-state index in [0.29, 0.717) is 39.1 Å². The Balaban J connectivity index is 1.29. The highest BCUT2D eigenvalue weighted by Crippen LogP contribution is 2.54. The number of aliphatic hydroxyl groups excluding tert-OH is 1. The molecular weight excluding hydrogens is 568 g/mol. The molecule has 3 aromatic rings. The number of pyridine rings is 1. The molecule has 0 unspecified atom stereocenters. The second-order valence-corrected chi connectivity index (χ2v) is 13.9. The number of amides is 1. The molecule has 226 valence electrons. The van der Waals surface area contributed by atoms with Crippen LogP contribution in [0.3, 0.4) is 0 Å². The van der Waals surface area contributed by atoms with Crippen LogP contribution in [0.1, 0.15) is 55.8 Å². The third-order valence-electron chi connectivity index (χ3n) is 8.86. The van der Waals surface area contributed by atoms with Gasteiger partial charge in [0.05, 0.1) is 29.8 Å². The number of alkyl halides is 2. The molecule has 10 nitrogen and oxygen atoms in total. The van der Waals surface area contributed by atoms with Crippen LogP contribution in [0.25, 0.3) is 11.0 Å². The van der Waals surface area contributed by atoms with Crippen LogP contribution >= 0.6 is 0 Å². The highest BCUT2D eigenvalue weighted by atomic mass is 32.2. The summed E-state index contributed by atoms with van der Waals surface area (Å²) >= 11 is 0. The van der Waals surface area contributed by atoms with Crippen molar-refractivity contribution in [3.8, 4) is 0 Å².